The molecule has 0 heterocycles. The number of rotatable bonds is 6. The molecular formula is C17H20FNO. The largest absolute Gasteiger partial charge is 0.454 e. The summed E-state index contributed by atoms with van der Waals surface area (Å²) in [5, 5.41) is 3.42. The molecule has 0 spiro atoms. The van der Waals surface area contributed by atoms with Crippen molar-refractivity contribution in [2.45, 2.75) is 26.3 Å². The Kier molecular flexibility index (Phi) is 5.13. The summed E-state index contributed by atoms with van der Waals surface area (Å²) in [6, 6.07) is 14.4. The van der Waals surface area contributed by atoms with E-state index in [1.54, 1.807) is 18.2 Å². The van der Waals surface area contributed by atoms with Crippen LogP contribution in [0.2, 0.25) is 0 Å². The second-order valence-electron chi connectivity index (χ2n) is 4.78. The Hall–Kier alpha value is -1.87. The molecule has 1 atom stereocenters. The van der Waals surface area contributed by atoms with E-state index in [4.69, 9.17) is 4.74 Å². The molecule has 0 aliphatic rings. The molecule has 0 radical (unpaired) electrons. The first kappa shape index (κ1) is 14.5. The first-order chi connectivity index (χ1) is 9.70. The van der Waals surface area contributed by atoms with E-state index in [9.17, 15) is 4.39 Å². The minimum absolute atomic E-state index is 0.249. The number of nitrogens with one attached hydrogen (secondary N) is 1. The Morgan fingerprint density at radius 1 is 1.15 bits per heavy atom. The van der Waals surface area contributed by atoms with E-state index in [2.05, 4.69) is 19.2 Å². The molecule has 0 amide bonds. The van der Waals surface area contributed by atoms with Crippen LogP contribution in [0.25, 0.3) is 0 Å². The van der Waals surface area contributed by atoms with E-state index in [-0.39, 0.29) is 17.6 Å². The molecular weight excluding hydrogens is 253 g/mol. The lowest BCUT2D eigenvalue weighted by molar-refractivity contribution is 0.440. The highest BCUT2D eigenvalue weighted by Crippen LogP contribution is 2.26. The molecule has 0 bridgehead atoms. The second-order valence-corrected chi connectivity index (χ2v) is 4.78. The van der Waals surface area contributed by atoms with Crippen LogP contribution in [0.3, 0.4) is 0 Å². The van der Waals surface area contributed by atoms with E-state index in [1.807, 2.05) is 24.3 Å². The van der Waals surface area contributed by atoms with E-state index < -0.39 is 0 Å². The van der Waals surface area contributed by atoms with Crippen molar-refractivity contribution in [2.75, 3.05) is 6.54 Å². The van der Waals surface area contributed by atoms with Gasteiger partial charge < -0.3 is 10.1 Å². The monoisotopic (exact) mass is 273 g/mol. The summed E-state index contributed by atoms with van der Waals surface area (Å²) in [5.74, 6) is 0.548. The molecule has 0 fully saturated rings. The SMILES string of the molecule is CCCNC(C)c1cccc(Oc2ccccc2F)c1. The summed E-state index contributed by atoms with van der Waals surface area (Å²) in [6.07, 6.45) is 1.09. The predicted molar refractivity (Wildman–Crippen MR) is 79.6 cm³/mol. The molecule has 3 heteroatoms. The summed E-state index contributed by atoms with van der Waals surface area (Å²) in [5.41, 5.74) is 1.13. The summed E-state index contributed by atoms with van der Waals surface area (Å²) in [7, 11) is 0. The molecule has 1 N–H and O–H groups in total. The lowest BCUT2D eigenvalue weighted by atomic mass is 10.1. The van der Waals surface area contributed by atoms with Gasteiger partial charge in [-0.05, 0) is 49.7 Å². The van der Waals surface area contributed by atoms with Crippen molar-refractivity contribution in [3.63, 3.8) is 0 Å². The van der Waals surface area contributed by atoms with Crippen LogP contribution >= 0.6 is 0 Å². The van der Waals surface area contributed by atoms with Crippen LogP contribution in [0.4, 0.5) is 4.39 Å². The van der Waals surface area contributed by atoms with Crippen molar-refractivity contribution in [1.29, 1.82) is 0 Å². The van der Waals surface area contributed by atoms with Crippen LogP contribution in [-0.4, -0.2) is 6.54 Å². The normalized spacial score (nSPS) is 12.2. The lowest BCUT2D eigenvalue weighted by Crippen LogP contribution is -2.19. The highest BCUT2D eigenvalue weighted by Gasteiger charge is 2.07. The van der Waals surface area contributed by atoms with Gasteiger partial charge in [-0.25, -0.2) is 4.39 Å². The molecule has 1 unspecified atom stereocenters. The fourth-order valence-corrected chi connectivity index (χ4v) is 1.98. The molecule has 2 nitrogen and oxygen atoms in total. The lowest BCUT2D eigenvalue weighted by Gasteiger charge is -2.15. The first-order valence-electron chi connectivity index (χ1n) is 6.96. The predicted octanol–water partition coefficient (Wildman–Crippen LogP) is 4.68. The van der Waals surface area contributed by atoms with Crippen molar-refractivity contribution in [2.24, 2.45) is 0 Å². The fourth-order valence-electron chi connectivity index (χ4n) is 1.98. The van der Waals surface area contributed by atoms with Crippen molar-refractivity contribution in [1.82, 2.24) is 5.32 Å². The van der Waals surface area contributed by atoms with E-state index in [0.29, 0.717) is 5.75 Å². The Morgan fingerprint density at radius 3 is 2.70 bits per heavy atom. The fraction of sp³-hybridized carbons (Fsp3) is 0.294. The molecule has 0 aromatic heterocycles. The van der Waals surface area contributed by atoms with Gasteiger partial charge in [0.25, 0.3) is 0 Å². The van der Waals surface area contributed by atoms with Crippen molar-refractivity contribution in [3.8, 4) is 11.5 Å². The van der Waals surface area contributed by atoms with Gasteiger partial charge >= 0.3 is 0 Å². The number of halogens is 1. The summed E-state index contributed by atoms with van der Waals surface area (Å²) in [6.45, 7) is 5.22. The number of ether oxygens (including phenoxy) is 1. The maximum Gasteiger partial charge on any atom is 0.165 e. The maximum atomic E-state index is 13.6. The van der Waals surface area contributed by atoms with Gasteiger partial charge in [0.05, 0.1) is 0 Å². The Bertz CT molecular complexity index is 556. The standard InChI is InChI=1S/C17H20FNO/c1-3-11-19-13(2)14-7-6-8-15(12-14)20-17-10-5-4-9-16(17)18/h4-10,12-13,19H,3,11H2,1-2H3. The first-order valence-corrected chi connectivity index (χ1v) is 6.96. The van der Waals surface area contributed by atoms with Gasteiger partial charge in [0.1, 0.15) is 5.75 Å². The Morgan fingerprint density at radius 2 is 1.95 bits per heavy atom. The average Bonchev–Trinajstić information content (AvgIpc) is 2.47. The topological polar surface area (TPSA) is 21.3 Å². The summed E-state index contributed by atoms with van der Waals surface area (Å²) >= 11 is 0. The van der Waals surface area contributed by atoms with Gasteiger partial charge in [0.15, 0.2) is 11.6 Å². The zero-order valence-corrected chi connectivity index (χ0v) is 11.9. The highest BCUT2D eigenvalue weighted by atomic mass is 19.1. The van der Waals surface area contributed by atoms with Crippen LogP contribution < -0.4 is 10.1 Å². The van der Waals surface area contributed by atoms with Gasteiger partial charge in [0, 0.05) is 6.04 Å². The summed E-state index contributed by atoms with van der Waals surface area (Å²) in [4.78, 5) is 0. The van der Waals surface area contributed by atoms with Crippen LogP contribution in [0.5, 0.6) is 11.5 Å². The van der Waals surface area contributed by atoms with Gasteiger partial charge in [-0.15, -0.1) is 0 Å². The quantitative estimate of drug-likeness (QED) is 0.825. The number of para-hydroxylation sites is 1. The van der Waals surface area contributed by atoms with Gasteiger partial charge in [-0.1, -0.05) is 31.2 Å². The van der Waals surface area contributed by atoms with Crippen molar-refractivity contribution < 1.29 is 9.13 Å². The molecule has 2 aromatic rings. The number of hydrogen-bond acceptors (Lipinski definition) is 2. The Labute approximate surface area is 119 Å². The van der Waals surface area contributed by atoms with Gasteiger partial charge in [0.2, 0.25) is 0 Å². The van der Waals surface area contributed by atoms with Crippen LogP contribution in [-0.2, 0) is 0 Å². The highest BCUT2D eigenvalue weighted by molar-refractivity contribution is 5.35. The second kappa shape index (κ2) is 7.06. The maximum absolute atomic E-state index is 13.6. The number of hydrogen-bond donors (Lipinski definition) is 1. The molecule has 0 saturated heterocycles. The van der Waals surface area contributed by atoms with Crippen LogP contribution in [0.15, 0.2) is 48.5 Å². The molecule has 0 saturated carbocycles. The number of benzene rings is 2. The third kappa shape index (κ3) is 3.81. The minimum Gasteiger partial charge on any atom is -0.454 e. The molecule has 0 aliphatic heterocycles. The van der Waals surface area contributed by atoms with E-state index in [0.717, 1.165) is 18.5 Å². The molecule has 106 valence electrons. The minimum atomic E-state index is -0.352. The van der Waals surface area contributed by atoms with Crippen LogP contribution in [0.1, 0.15) is 31.9 Å². The third-order valence-electron chi connectivity index (χ3n) is 3.12. The van der Waals surface area contributed by atoms with E-state index in [1.165, 1.54) is 6.07 Å². The molecule has 2 aromatic carbocycles. The van der Waals surface area contributed by atoms with Gasteiger partial charge in [-0.3, -0.25) is 0 Å². The zero-order valence-electron chi connectivity index (χ0n) is 11.9. The molecule has 0 aliphatic carbocycles. The third-order valence-corrected chi connectivity index (χ3v) is 3.12. The van der Waals surface area contributed by atoms with Crippen molar-refractivity contribution >= 4 is 0 Å². The molecule has 2 rings (SSSR count). The van der Waals surface area contributed by atoms with Crippen molar-refractivity contribution in [3.05, 3.63) is 59.9 Å². The van der Waals surface area contributed by atoms with Crippen LogP contribution in [0, 0.1) is 5.82 Å². The average molecular weight is 273 g/mol. The summed E-state index contributed by atoms with van der Waals surface area (Å²) < 4.78 is 19.2. The zero-order chi connectivity index (χ0) is 14.4. The Balaban J connectivity index is 2.12. The molecule has 20 heavy (non-hydrogen) atoms. The van der Waals surface area contributed by atoms with Gasteiger partial charge in [-0.2, -0.15) is 0 Å². The van der Waals surface area contributed by atoms with E-state index >= 15 is 0 Å². The smallest absolute Gasteiger partial charge is 0.165 e.